The summed E-state index contributed by atoms with van der Waals surface area (Å²) in [5.74, 6) is -0.315. The van der Waals surface area contributed by atoms with Crippen LogP contribution >= 0.6 is 0 Å². The zero-order valence-corrected chi connectivity index (χ0v) is 15.6. The molecule has 25 heavy (non-hydrogen) atoms. The summed E-state index contributed by atoms with van der Waals surface area (Å²) in [7, 11) is 0. The first kappa shape index (κ1) is 19.5. The Morgan fingerprint density at radius 1 is 1.40 bits per heavy atom. The van der Waals surface area contributed by atoms with Crippen LogP contribution in [0.25, 0.3) is 0 Å². The van der Waals surface area contributed by atoms with Crippen molar-refractivity contribution in [3.8, 4) is 0 Å². The first-order valence-corrected chi connectivity index (χ1v) is 8.59. The van der Waals surface area contributed by atoms with Gasteiger partial charge in [-0.05, 0) is 51.8 Å². The van der Waals surface area contributed by atoms with E-state index in [9.17, 15) is 14.3 Å². The lowest BCUT2D eigenvalue weighted by molar-refractivity contribution is -0.454. The number of aryl methyl sites for hydroxylation is 1. The molecule has 0 aromatic heterocycles. The highest BCUT2D eigenvalue weighted by Crippen LogP contribution is 2.23. The van der Waals surface area contributed by atoms with Crippen molar-refractivity contribution in [3.63, 3.8) is 0 Å². The molecule has 2 rings (SSSR count). The van der Waals surface area contributed by atoms with Gasteiger partial charge in [0.15, 0.2) is 12.8 Å². The number of nitrogens with zero attached hydrogens (tertiary/aromatic N) is 2. The van der Waals surface area contributed by atoms with Crippen molar-refractivity contribution in [2.45, 2.75) is 52.4 Å². The second-order valence-corrected chi connectivity index (χ2v) is 7.55. The summed E-state index contributed by atoms with van der Waals surface area (Å²) >= 11 is 0. The maximum absolute atomic E-state index is 13.7. The predicted molar refractivity (Wildman–Crippen MR) is 94.6 cm³/mol. The van der Waals surface area contributed by atoms with Crippen LogP contribution in [0, 0.1) is 12.7 Å². The molecule has 0 radical (unpaired) electrons. The number of aliphatic hydroxyl groups is 1. The Morgan fingerprint density at radius 3 is 2.60 bits per heavy atom. The fourth-order valence-electron chi connectivity index (χ4n) is 2.75. The topological polar surface area (TPSA) is 52.8 Å². The highest BCUT2D eigenvalue weighted by Gasteiger charge is 2.32. The normalized spacial score (nSPS) is 18.4. The fraction of sp³-hybridized carbons (Fsp3) is 0.579. The average molecular weight is 351 g/mol. The average Bonchev–Trinajstić information content (AvgIpc) is 2.54. The lowest BCUT2D eigenvalue weighted by atomic mass is 10.0. The molecule has 0 saturated heterocycles. The standard InChI is InChI=1S/C19H28FN2O3/c1-13-6-7-15(12-16(13)20)17(23)14(2)21-8-10-22(11-9-21)18(24)25-19(3,4)5/h6-7,10,12,14,17,23H,8-9,11H2,1-5H3/q+1. The van der Waals surface area contributed by atoms with Crippen molar-refractivity contribution in [2.24, 2.45) is 0 Å². The van der Waals surface area contributed by atoms with E-state index in [1.165, 1.54) is 6.07 Å². The van der Waals surface area contributed by atoms with E-state index < -0.39 is 11.7 Å². The summed E-state index contributed by atoms with van der Waals surface area (Å²) in [5.41, 5.74) is 0.592. The number of halogens is 1. The van der Waals surface area contributed by atoms with E-state index in [0.717, 1.165) is 0 Å². The summed E-state index contributed by atoms with van der Waals surface area (Å²) in [6.07, 6.45) is 0.619. The van der Waals surface area contributed by atoms with Gasteiger partial charge in [-0.1, -0.05) is 12.1 Å². The maximum atomic E-state index is 13.7. The van der Waals surface area contributed by atoms with Crippen LogP contribution in [0.4, 0.5) is 9.18 Å². The summed E-state index contributed by atoms with van der Waals surface area (Å²) in [6.45, 7) is 10.7. The summed E-state index contributed by atoms with van der Waals surface area (Å²) in [6, 6.07) is 4.61. The van der Waals surface area contributed by atoms with Gasteiger partial charge in [0.25, 0.3) is 0 Å². The van der Waals surface area contributed by atoms with Gasteiger partial charge in [0.05, 0.1) is 19.2 Å². The molecule has 0 saturated carbocycles. The third-order valence-electron chi connectivity index (χ3n) is 4.36. The number of ether oxygens (including phenoxy) is 1. The van der Waals surface area contributed by atoms with Gasteiger partial charge in [0, 0.05) is 6.04 Å². The molecule has 0 spiro atoms. The molecule has 1 N–H and O–H groups in total. The van der Waals surface area contributed by atoms with Crippen molar-refractivity contribution < 1.29 is 23.6 Å². The van der Waals surface area contributed by atoms with Crippen molar-refractivity contribution in [3.05, 3.63) is 35.1 Å². The Hall–Kier alpha value is -1.79. The minimum absolute atomic E-state index is 0.195. The van der Waals surface area contributed by atoms with Crippen LogP contribution in [0.2, 0.25) is 0 Å². The lowest BCUT2D eigenvalue weighted by Gasteiger charge is -2.32. The van der Waals surface area contributed by atoms with Crippen molar-refractivity contribution >= 4 is 12.3 Å². The molecule has 1 aromatic carbocycles. The minimum atomic E-state index is -0.795. The second-order valence-electron chi connectivity index (χ2n) is 7.55. The Morgan fingerprint density at radius 2 is 2.08 bits per heavy atom. The van der Waals surface area contributed by atoms with Crippen LogP contribution in [0.15, 0.2) is 18.2 Å². The Bertz CT molecular complexity index is 667. The quantitative estimate of drug-likeness (QED) is 0.851. The molecule has 1 heterocycles. The van der Waals surface area contributed by atoms with Gasteiger partial charge >= 0.3 is 6.09 Å². The third kappa shape index (κ3) is 5.09. The molecule has 0 aliphatic carbocycles. The first-order chi connectivity index (χ1) is 11.6. The summed E-state index contributed by atoms with van der Waals surface area (Å²) in [4.78, 5) is 14.1. The number of carbonyl (C=O) groups excluding carboxylic acids is 1. The van der Waals surface area contributed by atoms with Crippen LogP contribution in [-0.2, 0) is 4.74 Å². The van der Waals surface area contributed by atoms with Gasteiger partial charge in [0.1, 0.15) is 11.4 Å². The highest BCUT2D eigenvalue weighted by molar-refractivity contribution is 5.67. The van der Waals surface area contributed by atoms with Crippen LogP contribution in [0.3, 0.4) is 0 Å². The number of benzene rings is 1. The van der Waals surface area contributed by atoms with Gasteiger partial charge in [0.2, 0.25) is 0 Å². The Balaban J connectivity index is 2.01. The number of rotatable bonds is 3. The van der Waals surface area contributed by atoms with Gasteiger partial charge in [-0.3, -0.25) is 4.90 Å². The zero-order valence-electron chi connectivity index (χ0n) is 15.6. The molecule has 138 valence electrons. The van der Waals surface area contributed by atoms with Crippen LogP contribution < -0.4 is 0 Å². The molecular formula is C19H28FN2O3+. The molecule has 1 aliphatic heterocycles. The largest absolute Gasteiger partial charge is 0.596 e. The van der Waals surface area contributed by atoms with E-state index in [0.29, 0.717) is 30.8 Å². The van der Waals surface area contributed by atoms with Crippen molar-refractivity contribution in [1.82, 2.24) is 4.90 Å². The van der Waals surface area contributed by atoms with Crippen LogP contribution in [0.1, 0.15) is 44.9 Å². The summed E-state index contributed by atoms with van der Waals surface area (Å²) in [5, 5.41) is 10.6. The molecule has 2 unspecified atom stereocenters. The molecule has 1 aromatic rings. The van der Waals surface area contributed by atoms with Gasteiger partial charge in [-0.25, -0.2) is 4.39 Å². The first-order valence-electron chi connectivity index (χ1n) is 8.59. The number of hydrogen-bond acceptors (Lipinski definition) is 4. The number of hydrogen-bond donors (Lipinski definition) is 1. The zero-order chi connectivity index (χ0) is 18.8. The molecule has 0 bridgehead atoms. The predicted octanol–water partition coefficient (Wildman–Crippen LogP) is 2.89. The van der Waals surface area contributed by atoms with E-state index in [4.69, 9.17) is 4.74 Å². The molecule has 5 nitrogen and oxygen atoms in total. The number of amides is 1. The molecule has 1 amide bonds. The van der Waals surface area contributed by atoms with Crippen molar-refractivity contribution in [1.29, 1.82) is 0 Å². The molecule has 0 fully saturated rings. The second kappa shape index (κ2) is 7.62. The van der Waals surface area contributed by atoms with E-state index >= 15 is 0 Å². The number of aliphatic hydroxyl groups excluding tert-OH is 1. The van der Waals surface area contributed by atoms with E-state index in [1.807, 2.05) is 27.7 Å². The van der Waals surface area contributed by atoms with Gasteiger partial charge in [-0.2, -0.15) is 4.79 Å². The minimum Gasteiger partial charge on any atom is -0.406 e. The van der Waals surface area contributed by atoms with E-state index in [-0.39, 0.29) is 18.0 Å². The number of carbonyl (C=O) groups is 1. The molecule has 1 aliphatic rings. The monoisotopic (exact) mass is 351 g/mol. The van der Waals surface area contributed by atoms with E-state index in [2.05, 4.69) is 4.90 Å². The van der Waals surface area contributed by atoms with E-state index in [1.54, 1.807) is 29.8 Å². The maximum Gasteiger partial charge on any atom is 0.596 e. The Labute approximate surface area is 148 Å². The molecule has 6 heteroatoms. The Kier molecular flexibility index (Phi) is 5.95. The van der Waals surface area contributed by atoms with Crippen LogP contribution in [-0.4, -0.2) is 58.2 Å². The summed E-state index contributed by atoms with van der Waals surface area (Å²) < 4.78 is 20.7. The van der Waals surface area contributed by atoms with Gasteiger partial charge < -0.3 is 9.84 Å². The smallest absolute Gasteiger partial charge is 0.406 e. The van der Waals surface area contributed by atoms with Gasteiger partial charge in [-0.15, -0.1) is 4.58 Å². The molecule has 2 atom stereocenters. The highest BCUT2D eigenvalue weighted by atomic mass is 19.1. The SMILES string of the molecule is Cc1ccc(C(O)C(C)N2CC=[N+](C(=O)OC(C)(C)C)CC2)cc1F. The van der Waals surface area contributed by atoms with Crippen LogP contribution in [0.5, 0.6) is 0 Å². The fourth-order valence-corrected chi connectivity index (χ4v) is 2.75. The lowest BCUT2D eigenvalue weighted by Crippen LogP contribution is -2.48. The molecular weight excluding hydrogens is 323 g/mol. The van der Waals surface area contributed by atoms with Crippen molar-refractivity contribution in [2.75, 3.05) is 19.6 Å². The third-order valence-corrected chi connectivity index (χ3v) is 4.36.